The van der Waals surface area contributed by atoms with Crippen LogP contribution >= 0.6 is 0 Å². The van der Waals surface area contributed by atoms with Gasteiger partial charge in [-0.3, -0.25) is 0 Å². The maximum Gasteiger partial charge on any atom is 0.222 e. The van der Waals surface area contributed by atoms with E-state index in [9.17, 15) is 12.8 Å². The molecule has 5 N–H and O–H groups in total. The molecule has 31 heavy (non-hydrogen) atoms. The number of aromatic nitrogens is 2. The van der Waals surface area contributed by atoms with Gasteiger partial charge in [-0.15, -0.1) is 0 Å². The number of halogens is 1. The van der Waals surface area contributed by atoms with E-state index >= 15 is 0 Å². The largest absolute Gasteiger partial charge is 0.385 e. The normalized spacial score (nSPS) is 11.5. The zero-order valence-corrected chi connectivity index (χ0v) is 17.2. The Bertz CT molecular complexity index is 1340. The van der Waals surface area contributed by atoms with Crippen molar-refractivity contribution in [1.82, 2.24) is 9.97 Å². The number of nitrogens with two attached hydrogens (primary N) is 2. The molecule has 4 rings (SSSR count). The van der Waals surface area contributed by atoms with Crippen molar-refractivity contribution >= 4 is 38.2 Å². The third-order valence-corrected chi connectivity index (χ3v) is 6.63. The predicted octanol–water partition coefficient (Wildman–Crippen LogP) is 3.42. The first-order chi connectivity index (χ1) is 14.8. The van der Waals surface area contributed by atoms with Gasteiger partial charge in [0.1, 0.15) is 11.6 Å². The second kappa shape index (κ2) is 8.19. The van der Waals surface area contributed by atoms with E-state index in [1.165, 1.54) is 12.1 Å². The number of hydrogen-bond acceptors (Lipinski definition) is 7. The molecule has 0 bridgehead atoms. The highest BCUT2D eigenvalue weighted by molar-refractivity contribution is 7.91. The maximum atomic E-state index is 13.1. The summed E-state index contributed by atoms with van der Waals surface area (Å²) in [6, 6.07) is 17.0. The topological polar surface area (TPSA) is 124 Å². The summed E-state index contributed by atoms with van der Waals surface area (Å²) in [6.45, 7) is 0.630. The minimum atomic E-state index is -3.68. The van der Waals surface area contributed by atoms with Gasteiger partial charge in [0, 0.05) is 17.6 Å². The average Bonchev–Trinajstić information content (AvgIpc) is 2.75. The molecule has 7 nitrogen and oxygen atoms in total. The van der Waals surface area contributed by atoms with Crippen molar-refractivity contribution in [3.8, 4) is 0 Å². The van der Waals surface area contributed by atoms with Gasteiger partial charge in [-0.2, -0.15) is 4.98 Å². The average molecular weight is 438 g/mol. The fraction of sp³-hybridized carbons (Fsp3) is 0.0909. The Kier molecular flexibility index (Phi) is 5.43. The minimum absolute atomic E-state index is 0.0598. The van der Waals surface area contributed by atoms with Crippen molar-refractivity contribution in [2.24, 2.45) is 0 Å². The molecule has 0 radical (unpaired) electrons. The number of sulfone groups is 1. The zero-order valence-electron chi connectivity index (χ0n) is 16.4. The standard InChI is InChI=1S/C22H20FN5O2S/c23-15-3-8-18(9-4-15)31(29,30)17-6-1-14(2-7-17)11-12-26-16-5-10-20-19(13-16)21(24)28-22(25)27-20/h1-10,13,26H,11-12H2,(H4,24,25,27,28). The fourth-order valence-electron chi connectivity index (χ4n) is 3.22. The molecule has 0 atom stereocenters. The second-order valence-corrected chi connectivity index (χ2v) is 8.93. The molecule has 0 saturated heterocycles. The lowest BCUT2D eigenvalue weighted by atomic mass is 10.1. The number of benzene rings is 3. The Morgan fingerprint density at radius 3 is 2.19 bits per heavy atom. The number of rotatable bonds is 6. The van der Waals surface area contributed by atoms with E-state index in [0.717, 1.165) is 28.8 Å². The van der Waals surface area contributed by atoms with E-state index in [1.54, 1.807) is 24.3 Å². The van der Waals surface area contributed by atoms with Crippen LogP contribution in [0.3, 0.4) is 0 Å². The van der Waals surface area contributed by atoms with Crippen LogP contribution < -0.4 is 16.8 Å². The van der Waals surface area contributed by atoms with E-state index in [-0.39, 0.29) is 15.7 Å². The molecule has 4 aromatic rings. The molecule has 0 aliphatic rings. The Hall–Kier alpha value is -3.72. The van der Waals surface area contributed by atoms with Crippen molar-refractivity contribution in [1.29, 1.82) is 0 Å². The van der Waals surface area contributed by atoms with Crippen LogP contribution in [-0.2, 0) is 16.3 Å². The lowest BCUT2D eigenvalue weighted by Gasteiger charge is -2.10. The lowest BCUT2D eigenvalue weighted by molar-refractivity contribution is 0.594. The van der Waals surface area contributed by atoms with Crippen molar-refractivity contribution in [2.75, 3.05) is 23.3 Å². The van der Waals surface area contributed by atoms with Crippen LogP contribution in [0, 0.1) is 5.82 Å². The molecule has 1 aromatic heterocycles. The SMILES string of the molecule is Nc1nc(N)c2cc(NCCc3ccc(S(=O)(=O)c4ccc(F)cc4)cc3)ccc2n1. The number of anilines is 3. The van der Waals surface area contributed by atoms with E-state index in [2.05, 4.69) is 15.3 Å². The number of nitrogen functional groups attached to an aromatic ring is 2. The summed E-state index contributed by atoms with van der Waals surface area (Å²) in [5, 5.41) is 4.02. The third kappa shape index (κ3) is 4.41. The van der Waals surface area contributed by atoms with Gasteiger partial charge in [0.25, 0.3) is 0 Å². The van der Waals surface area contributed by atoms with Crippen molar-refractivity contribution in [3.63, 3.8) is 0 Å². The van der Waals surface area contributed by atoms with Gasteiger partial charge in [0.05, 0.1) is 15.3 Å². The first-order valence-electron chi connectivity index (χ1n) is 9.49. The smallest absolute Gasteiger partial charge is 0.222 e. The van der Waals surface area contributed by atoms with E-state index < -0.39 is 15.7 Å². The fourth-order valence-corrected chi connectivity index (χ4v) is 4.48. The van der Waals surface area contributed by atoms with Gasteiger partial charge in [0.15, 0.2) is 0 Å². The van der Waals surface area contributed by atoms with Crippen LogP contribution in [0.5, 0.6) is 0 Å². The van der Waals surface area contributed by atoms with Crippen LogP contribution in [0.15, 0.2) is 76.5 Å². The summed E-state index contributed by atoms with van der Waals surface area (Å²) in [4.78, 5) is 8.35. The van der Waals surface area contributed by atoms with Gasteiger partial charge < -0.3 is 16.8 Å². The highest BCUT2D eigenvalue weighted by atomic mass is 32.2. The zero-order chi connectivity index (χ0) is 22.0. The number of nitrogens with zero attached hydrogens (tertiary/aromatic N) is 2. The molecule has 0 unspecified atom stereocenters. The first-order valence-corrected chi connectivity index (χ1v) is 11.0. The van der Waals surface area contributed by atoms with Gasteiger partial charge in [-0.25, -0.2) is 17.8 Å². The first kappa shape index (κ1) is 20.5. The molecule has 9 heteroatoms. The van der Waals surface area contributed by atoms with Crippen molar-refractivity contribution in [2.45, 2.75) is 16.2 Å². The van der Waals surface area contributed by atoms with Gasteiger partial charge in [-0.1, -0.05) is 12.1 Å². The van der Waals surface area contributed by atoms with Crippen LogP contribution in [-0.4, -0.2) is 24.9 Å². The highest BCUT2D eigenvalue weighted by Gasteiger charge is 2.17. The Labute approximate surface area is 178 Å². The molecule has 158 valence electrons. The van der Waals surface area contributed by atoms with Crippen molar-refractivity contribution < 1.29 is 12.8 Å². The number of nitrogens with one attached hydrogen (secondary N) is 1. The summed E-state index contributed by atoms with van der Waals surface area (Å²) >= 11 is 0. The van der Waals surface area contributed by atoms with Gasteiger partial charge in [-0.05, 0) is 66.6 Å². The lowest BCUT2D eigenvalue weighted by Crippen LogP contribution is -2.06. The van der Waals surface area contributed by atoms with Gasteiger partial charge >= 0.3 is 0 Å². The van der Waals surface area contributed by atoms with Crippen LogP contribution in [0.2, 0.25) is 0 Å². The molecular weight excluding hydrogens is 417 g/mol. The van der Waals surface area contributed by atoms with E-state index in [0.29, 0.717) is 24.3 Å². The van der Waals surface area contributed by atoms with E-state index in [4.69, 9.17) is 11.5 Å². The van der Waals surface area contributed by atoms with E-state index in [1.807, 2.05) is 18.2 Å². The van der Waals surface area contributed by atoms with Crippen molar-refractivity contribution in [3.05, 3.63) is 78.1 Å². The molecule has 0 aliphatic carbocycles. The third-order valence-electron chi connectivity index (χ3n) is 4.84. The summed E-state index contributed by atoms with van der Waals surface area (Å²) in [6.07, 6.45) is 0.683. The summed E-state index contributed by atoms with van der Waals surface area (Å²) in [7, 11) is -3.68. The Balaban J connectivity index is 1.42. The Morgan fingerprint density at radius 2 is 1.52 bits per heavy atom. The maximum absolute atomic E-state index is 13.1. The number of fused-ring (bicyclic) bond motifs is 1. The summed E-state index contributed by atoms with van der Waals surface area (Å²) in [5.41, 5.74) is 14.0. The highest BCUT2D eigenvalue weighted by Crippen LogP contribution is 2.23. The number of hydrogen-bond donors (Lipinski definition) is 3. The van der Waals surface area contributed by atoms with Crippen LogP contribution in [0.25, 0.3) is 10.9 Å². The molecule has 0 aliphatic heterocycles. The second-order valence-electron chi connectivity index (χ2n) is 6.98. The molecule has 0 amide bonds. The predicted molar refractivity (Wildman–Crippen MR) is 119 cm³/mol. The monoisotopic (exact) mass is 437 g/mol. The summed E-state index contributed by atoms with van der Waals surface area (Å²) < 4.78 is 38.4. The van der Waals surface area contributed by atoms with Gasteiger partial charge in [0.2, 0.25) is 15.8 Å². The van der Waals surface area contributed by atoms with Crippen LogP contribution in [0.4, 0.5) is 21.8 Å². The quantitative estimate of drug-likeness (QED) is 0.395. The Morgan fingerprint density at radius 1 is 0.871 bits per heavy atom. The molecule has 0 saturated carbocycles. The minimum Gasteiger partial charge on any atom is -0.385 e. The molecular formula is C22H20FN5O2S. The van der Waals surface area contributed by atoms with Crippen LogP contribution in [0.1, 0.15) is 5.56 Å². The molecule has 3 aromatic carbocycles. The molecule has 0 fully saturated rings. The molecule has 1 heterocycles. The molecule has 0 spiro atoms. The summed E-state index contributed by atoms with van der Waals surface area (Å²) in [5.74, 6) is -0.0211.